The molecule has 0 heterocycles. The largest absolute Gasteiger partial charge is 0.326 e. The molecule has 0 radical (unpaired) electrons. The SMILES string of the molecule is CC(=O)Nc1ccc(C=CC(=O)c2cccc(Br)c2)cc1. The molecule has 0 aromatic heterocycles. The number of amides is 1. The molecule has 0 aliphatic rings. The Morgan fingerprint density at radius 1 is 1.10 bits per heavy atom. The van der Waals surface area contributed by atoms with Gasteiger partial charge in [-0.2, -0.15) is 0 Å². The molecular weight excluding hydrogens is 330 g/mol. The van der Waals surface area contributed by atoms with E-state index in [1.165, 1.54) is 13.0 Å². The number of rotatable bonds is 4. The van der Waals surface area contributed by atoms with Gasteiger partial charge in [-0.15, -0.1) is 0 Å². The Bertz CT molecular complexity index is 690. The van der Waals surface area contributed by atoms with Gasteiger partial charge >= 0.3 is 0 Å². The maximum atomic E-state index is 12.0. The van der Waals surface area contributed by atoms with Crippen LogP contribution >= 0.6 is 15.9 Å². The van der Waals surface area contributed by atoms with Crippen LogP contribution in [0.5, 0.6) is 0 Å². The van der Waals surface area contributed by atoms with Crippen LogP contribution in [-0.2, 0) is 4.79 Å². The van der Waals surface area contributed by atoms with E-state index in [-0.39, 0.29) is 11.7 Å². The first-order chi connectivity index (χ1) is 10.0. The molecule has 0 spiro atoms. The Hall–Kier alpha value is -2.20. The number of anilines is 1. The molecule has 4 heteroatoms. The number of hydrogen-bond donors (Lipinski definition) is 1. The smallest absolute Gasteiger partial charge is 0.221 e. The second kappa shape index (κ2) is 6.99. The standard InChI is InChI=1S/C17H14BrNO2/c1-12(20)19-16-8-5-13(6-9-16)7-10-17(21)14-3-2-4-15(18)11-14/h2-11H,1H3,(H,19,20). The van der Waals surface area contributed by atoms with Gasteiger partial charge in [-0.3, -0.25) is 9.59 Å². The lowest BCUT2D eigenvalue weighted by atomic mass is 10.1. The van der Waals surface area contributed by atoms with Crippen LogP contribution in [0.1, 0.15) is 22.8 Å². The summed E-state index contributed by atoms with van der Waals surface area (Å²) in [5.41, 5.74) is 2.26. The monoisotopic (exact) mass is 343 g/mol. The third-order valence-corrected chi connectivity index (χ3v) is 3.26. The van der Waals surface area contributed by atoms with Gasteiger partial charge in [0.25, 0.3) is 0 Å². The van der Waals surface area contributed by atoms with Crippen molar-refractivity contribution in [3.8, 4) is 0 Å². The highest BCUT2D eigenvalue weighted by Crippen LogP contribution is 2.14. The zero-order valence-corrected chi connectivity index (χ0v) is 13.1. The number of nitrogens with one attached hydrogen (secondary N) is 1. The van der Waals surface area contributed by atoms with E-state index in [0.717, 1.165) is 15.7 Å². The molecule has 0 saturated heterocycles. The van der Waals surface area contributed by atoms with E-state index in [9.17, 15) is 9.59 Å². The van der Waals surface area contributed by atoms with Crippen molar-refractivity contribution in [3.05, 3.63) is 70.2 Å². The Labute approximate surface area is 131 Å². The van der Waals surface area contributed by atoms with Gasteiger partial charge < -0.3 is 5.32 Å². The summed E-state index contributed by atoms with van der Waals surface area (Å²) in [5, 5.41) is 2.69. The van der Waals surface area contributed by atoms with Crippen LogP contribution in [0.3, 0.4) is 0 Å². The van der Waals surface area contributed by atoms with Crippen LogP contribution in [-0.4, -0.2) is 11.7 Å². The number of halogens is 1. The number of carbonyl (C=O) groups excluding carboxylic acids is 2. The highest BCUT2D eigenvalue weighted by atomic mass is 79.9. The van der Waals surface area contributed by atoms with Crippen LogP contribution in [0.4, 0.5) is 5.69 Å². The van der Waals surface area contributed by atoms with Crippen molar-refractivity contribution in [1.29, 1.82) is 0 Å². The summed E-state index contributed by atoms with van der Waals surface area (Å²) in [6, 6.07) is 14.5. The number of ketones is 1. The molecule has 0 unspecified atom stereocenters. The molecule has 0 bridgehead atoms. The van der Waals surface area contributed by atoms with Crippen molar-refractivity contribution < 1.29 is 9.59 Å². The molecule has 1 N–H and O–H groups in total. The molecule has 0 aliphatic heterocycles. The zero-order chi connectivity index (χ0) is 15.2. The van der Waals surface area contributed by atoms with Crippen LogP contribution < -0.4 is 5.32 Å². The minimum Gasteiger partial charge on any atom is -0.326 e. The molecular formula is C17H14BrNO2. The summed E-state index contributed by atoms with van der Waals surface area (Å²) < 4.78 is 0.876. The molecule has 1 amide bonds. The van der Waals surface area contributed by atoms with Crippen LogP contribution in [0.25, 0.3) is 6.08 Å². The van der Waals surface area contributed by atoms with E-state index in [4.69, 9.17) is 0 Å². The summed E-state index contributed by atoms with van der Waals surface area (Å²) in [7, 11) is 0. The quantitative estimate of drug-likeness (QED) is 0.664. The average molecular weight is 344 g/mol. The predicted octanol–water partition coefficient (Wildman–Crippen LogP) is 4.30. The van der Waals surface area contributed by atoms with Crippen molar-refractivity contribution in [3.63, 3.8) is 0 Å². The maximum absolute atomic E-state index is 12.0. The topological polar surface area (TPSA) is 46.2 Å². The van der Waals surface area contributed by atoms with Crippen molar-refractivity contribution in [2.24, 2.45) is 0 Å². The molecule has 0 fully saturated rings. The maximum Gasteiger partial charge on any atom is 0.221 e. The first-order valence-electron chi connectivity index (χ1n) is 6.40. The molecule has 21 heavy (non-hydrogen) atoms. The average Bonchev–Trinajstić information content (AvgIpc) is 2.45. The van der Waals surface area contributed by atoms with Gasteiger partial charge in [0, 0.05) is 22.6 Å². The lowest BCUT2D eigenvalue weighted by Gasteiger charge is -2.01. The van der Waals surface area contributed by atoms with Crippen molar-refractivity contribution in [2.75, 3.05) is 5.32 Å². The highest BCUT2D eigenvalue weighted by molar-refractivity contribution is 9.10. The molecule has 2 aromatic carbocycles. The van der Waals surface area contributed by atoms with Gasteiger partial charge in [-0.25, -0.2) is 0 Å². The highest BCUT2D eigenvalue weighted by Gasteiger charge is 2.01. The van der Waals surface area contributed by atoms with Gasteiger partial charge in [0.1, 0.15) is 0 Å². The fourth-order valence-electron chi connectivity index (χ4n) is 1.79. The number of benzene rings is 2. The van der Waals surface area contributed by atoms with E-state index in [1.807, 2.05) is 24.3 Å². The Kier molecular flexibility index (Phi) is 5.06. The number of hydrogen-bond acceptors (Lipinski definition) is 2. The Balaban J connectivity index is 2.07. The fourth-order valence-corrected chi connectivity index (χ4v) is 2.19. The Morgan fingerprint density at radius 3 is 2.43 bits per heavy atom. The second-order valence-corrected chi connectivity index (χ2v) is 5.43. The van der Waals surface area contributed by atoms with Crippen molar-refractivity contribution in [2.45, 2.75) is 6.92 Å². The molecule has 0 atom stereocenters. The van der Waals surface area contributed by atoms with Gasteiger partial charge in [0.15, 0.2) is 5.78 Å². The first-order valence-corrected chi connectivity index (χ1v) is 7.19. The zero-order valence-electron chi connectivity index (χ0n) is 11.5. The first kappa shape index (κ1) is 15.2. The summed E-state index contributed by atoms with van der Waals surface area (Å²) in [6.45, 7) is 1.46. The summed E-state index contributed by atoms with van der Waals surface area (Å²) in [4.78, 5) is 22.9. The third kappa shape index (κ3) is 4.68. The van der Waals surface area contributed by atoms with Crippen LogP contribution in [0, 0.1) is 0 Å². The lowest BCUT2D eigenvalue weighted by Crippen LogP contribution is -2.05. The molecule has 106 valence electrons. The van der Waals surface area contributed by atoms with Gasteiger partial charge in [-0.1, -0.05) is 46.3 Å². The predicted molar refractivity (Wildman–Crippen MR) is 88.3 cm³/mol. The second-order valence-electron chi connectivity index (χ2n) is 4.51. The van der Waals surface area contributed by atoms with E-state index >= 15 is 0 Å². The lowest BCUT2D eigenvalue weighted by molar-refractivity contribution is -0.114. The third-order valence-electron chi connectivity index (χ3n) is 2.77. The molecule has 2 rings (SSSR count). The van der Waals surface area contributed by atoms with Gasteiger partial charge in [0.2, 0.25) is 5.91 Å². The molecule has 2 aromatic rings. The fraction of sp³-hybridized carbons (Fsp3) is 0.0588. The van der Waals surface area contributed by atoms with Crippen molar-refractivity contribution in [1.82, 2.24) is 0 Å². The van der Waals surface area contributed by atoms with E-state index in [0.29, 0.717) is 5.56 Å². The number of carbonyl (C=O) groups is 2. The van der Waals surface area contributed by atoms with E-state index in [1.54, 1.807) is 30.3 Å². The summed E-state index contributed by atoms with van der Waals surface area (Å²) in [6.07, 6.45) is 3.29. The number of allylic oxidation sites excluding steroid dienone is 1. The van der Waals surface area contributed by atoms with Gasteiger partial charge in [-0.05, 0) is 35.9 Å². The van der Waals surface area contributed by atoms with E-state index in [2.05, 4.69) is 21.2 Å². The Morgan fingerprint density at radius 2 is 1.81 bits per heavy atom. The normalized spacial score (nSPS) is 10.6. The summed E-state index contributed by atoms with van der Waals surface area (Å²) in [5.74, 6) is -0.162. The summed E-state index contributed by atoms with van der Waals surface area (Å²) >= 11 is 3.34. The van der Waals surface area contributed by atoms with Crippen LogP contribution in [0.15, 0.2) is 59.1 Å². The van der Waals surface area contributed by atoms with Crippen molar-refractivity contribution >= 4 is 39.4 Å². The van der Waals surface area contributed by atoms with Gasteiger partial charge in [0.05, 0.1) is 0 Å². The molecule has 3 nitrogen and oxygen atoms in total. The molecule has 0 saturated carbocycles. The minimum atomic E-state index is -0.108. The minimum absolute atomic E-state index is 0.0535. The molecule has 0 aliphatic carbocycles. The van der Waals surface area contributed by atoms with Crippen LogP contribution in [0.2, 0.25) is 0 Å². The van der Waals surface area contributed by atoms with E-state index < -0.39 is 0 Å².